The standard InChI is InChI=1S/C19H20N6O2/c1-25(12-18-23-24-19(27-18)13-4-3-8-20-11-13)9-7-17-21-15-6-5-14(26-2)10-16(15)22-17/h3-6,8,10-11H,7,9,12H2,1-2H3,(H,21,22). The summed E-state index contributed by atoms with van der Waals surface area (Å²) in [5.74, 6) is 2.81. The molecule has 0 aliphatic heterocycles. The van der Waals surface area contributed by atoms with Gasteiger partial charge in [-0.1, -0.05) is 0 Å². The lowest BCUT2D eigenvalue weighted by atomic mass is 10.3. The van der Waals surface area contributed by atoms with Crippen molar-refractivity contribution in [1.29, 1.82) is 0 Å². The maximum Gasteiger partial charge on any atom is 0.249 e. The summed E-state index contributed by atoms with van der Waals surface area (Å²) < 4.78 is 11.0. The summed E-state index contributed by atoms with van der Waals surface area (Å²) in [4.78, 5) is 14.1. The third kappa shape index (κ3) is 3.95. The van der Waals surface area contributed by atoms with Gasteiger partial charge < -0.3 is 14.1 Å². The number of aromatic amines is 1. The van der Waals surface area contributed by atoms with E-state index < -0.39 is 0 Å². The molecule has 0 amide bonds. The Hall–Kier alpha value is -3.26. The zero-order chi connectivity index (χ0) is 18.6. The number of likely N-dealkylation sites (N-methyl/N-ethyl adjacent to an activating group) is 1. The Kier molecular flexibility index (Phi) is 4.80. The van der Waals surface area contributed by atoms with Gasteiger partial charge in [-0.05, 0) is 31.3 Å². The van der Waals surface area contributed by atoms with E-state index in [1.165, 1.54) is 0 Å². The first-order valence-electron chi connectivity index (χ1n) is 8.65. The number of benzene rings is 1. The predicted octanol–water partition coefficient (Wildman–Crippen LogP) is 2.69. The first-order chi connectivity index (χ1) is 13.2. The molecular weight excluding hydrogens is 344 g/mol. The van der Waals surface area contributed by atoms with E-state index in [0.717, 1.165) is 41.1 Å². The van der Waals surface area contributed by atoms with Gasteiger partial charge in [0, 0.05) is 31.4 Å². The molecule has 0 saturated carbocycles. The van der Waals surface area contributed by atoms with Crippen LogP contribution in [0.3, 0.4) is 0 Å². The normalized spacial score (nSPS) is 11.4. The number of imidazole rings is 1. The minimum atomic E-state index is 0.484. The molecule has 3 aromatic heterocycles. The molecule has 0 radical (unpaired) electrons. The maximum atomic E-state index is 5.72. The van der Waals surface area contributed by atoms with Gasteiger partial charge in [0.15, 0.2) is 0 Å². The minimum absolute atomic E-state index is 0.484. The second-order valence-electron chi connectivity index (χ2n) is 6.30. The molecule has 0 aliphatic carbocycles. The predicted molar refractivity (Wildman–Crippen MR) is 100 cm³/mol. The van der Waals surface area contributed by atoms with Crippen molar-refractivity contribution in [2.24, 2.45) is 0 Å². The van der Waals surface area contributed by atoms with E-state index in [-0.39, 0.29) is 0 Å². The van der Waals surface area contributed by atoms with Gasteiger partial charge in [-0.3, -0.25) is 9.88 Å². The number of rotatable bonds is 7. The fourth-order valence-corrected chi connectivity index (χ4v) is 2.82. The third-order valence-electron chi connectivity index (χ3n) is 4.25. The lowest BCUT2D eigenvalue weighted by molar-refractivity contribution is 0.291. The lowest BCUT2D eigenvalue weighted by Gasteiger charge is -2.12. The van der Waals surface area contributed by atoms with Crippen molar-refractivity contribution in [3.63, 3.8) is 0 Å². The van der Waals surface area contributed by atoms with Crippen LogP contribution in [-0.2, 0) is 13.0 Å². The average Bonchev–Trinajstić information content (AvgIpc) is 3.33. The first-order valence-corrected chi connectivity index (χ1v) is 8.65. The van der Waals surface area contributed by atoms with E-state index >= 15 is 0 Å². The quantitative estimate of drug-likeness (QED) is 0.539. The Labute approximate surface area is 156 Å². The maximum absolute atomic E-state index is 5.72. The van der Waals surface area contributed by atoms with E-state index in [9.17, 15) is 0 Å². The Balaban J connectivity index is 1.36. The van der Waals surface area contributed by atoms with Crippen LogP contribution in [0.5, 0.6) is 5.75 Å². The summed E-state index contributed by atoms with van der Waals surface area (Å²) in [5, 5.41) is 8.21. The van der Waals surface area contributed by atoms with Crippen LogP contribution in [0.2, 0.25) is 0 Å². The molecule has 0 unspecified atom stereocenters. The summed E-state index contributed by atoms with van der Waals surface area (Å²) >= 11 is 0. The number of hydrogen-bond acceptors (Lipinski definition) is 7. The van der Waals surface area contributed by atoms with Gasteiger partial charge in [0.05, 0.1) is 30.3 Å². The Morgan fingerprint density at radius 3 is 2.96 bits per heavy atom. The highest BCUT2D eigenvalue weighted by Gasteiger charge is 2.11. The molecule has 0 aliphatic rings. The number of nitrogens with one attached hydrogen (secondary N) is 1. The van der Waals surface area contributed by atoms with Crippen molar-refractivity contribution in [1.82, 2.24) is 30.0 Å². The number of fused-ring (bicyclic) bond motifs is 1. The van der Waals surface area contributed by atoms with Crippen LogP contribution in [0.25, 0.3) is 22.5 Å². The molecule has 3 heterocycles. The second kappa shape index (κ2) is 7.55. The largest absolute Gasteiger partial charge is 0.497 e. The average molecular weight is 364 g/mol. The number of nitrogens with zero attached hydrogens (tertiary/aromatic N) is 5. The molecule has 0 bridgehead atoms. The smallest absolute Gasteiger partial charge is 0.249 e. The summed E-state index contributed by atoms with van der Waals surface area (Å²) in [6, 6.07) is 9.55. The van der Waals surface area contributed by atoms with Gasteiger partial charge in [0.25, 0.3) is 0 Å². The highest BCUT2D eigenvalue weighted by molar-refractivity contribution is 5.76. The fraction of sp³-hybridized carbons (Fsp3) is 0.263. The van der Waals surface area contributed by atoms with E-state index in [4.69, 9.17) is 9.15 Å². The summed E-state index contributed by atoms with van der Waals surface area (Å²) in [7, 11) is 3.67. The lowest BCUT2D eigenvalue weighted by Crippen LogP contribution is -2.21. The van der Waals surface area contributed by atoms with Gasteiger partial charge >= 0.3 is 0 Å². The number of ether oxygens (including phenoxy) is 1. The number of H-pyrrole nitrogens is 1. The molecule has 8 nitrogen and oxygen atoms in total. The van der Waals surface area contributed by atoms with Gasteiger partial charge in [-0.2, -0.15) is 0 Å². The highest BCUT2D eigenvalue weighted by Crippen LogP contribution is 2.19. The fourth-order valence-electron chi connectivity index (χ4n) is 2.82. The number of pyridine rings is 1. The molecule has 0 fully saturated rings. The number of hydrogen-bond donors (Lipinski definition) is 1. The van der Waals surface area contributed by atoms with Crippen molar-refractivity contribution < 1.29 is 9.15 Å². The van der Waals surface area contributed by atoms with E-state index in [2.05, 4.69) is 30.0 Å². The van der Waals surface area contributed by atoms with Gasteiger partial charge in [-0.25, -0.2) is 4.98 Å². The monoisotopic (exact) mass is 364 g/mol. The van der Waals surface area contributed by atoms with E-state index in [1.54, 1.807) is 19.5 Å². The number of aromatic nitrogens is 5. The molecule has 1 N–H and O–H groups in total. The van der Waals surface area contributed by atoms with Crippen LogP contribution >= 0.6 is 0 Å². The topological polar surface area (TPSA) is 93.0 Å². The van der Waals surface area contributed by atoms with Crippen LogP contribution in [0.1, 0.15) is 11.7 Å². The van der Waals surface area contributed by atoms with Crippen molar-refractivity contribution >= 4 is 11.0 Å². The molecular formula is C19H20N6O2. The van der Waals surface area contributed by atoms with Gasteiger partial charge in [-0.15, -0.1) is 10.2 Å². The zero-order valence-corrected chi connectivity index (χ0v) is 15.2. The molecule has 4 aromatic rings. The summed E-state index contributed by atoms with van der Waals surface area (Å²) in [6.45, 7) is 1.38. The highest BCUT2D eigenvalue weighted by atomic mass is 16.5. The molecule has 1 aromatic carbocycles. The number of methoxy groups -OCH3 is 1. The zero-order valence-electron chi connectivity index (χ0n) is 15.2. The van der Waals surface area contributed by atoms with E-state index in [1.807, 2.05) is 37.4 Å². The van der Waals surface area contributed by atoms with E-state index in [0.29, 0.717) is 18.3 Å². The summed E-state index contributed by atoms with van der Waals surface area (Å²) in [6.07, 6.45) is 4.21. The first kappa shape index (κ1) is 17.2. The van der Waals surface area contributed by atoms with Crippen molar-refractivity contribution in [3.05, 3.63) is 54.4 Å². The van der Waals surface area contributed by atoms with Crippen LogP contribution in [0.4, 0.5) is 0 Å². The molecule has 8 heteroatoms. The van der Waals surface area contributed by atoms with Crippen LogP contribution in [-0.4, -0.2) is 50.8 Å². The molecule has 4 rings (SSSR count). The van der Waals surface area contributed by atoms with Crippen molar-refractivity contribution in [2.75, 3.05) is 20.7 Å². The second-order valence-corrected chi connectivity index (χ2v) is 6.30. The Morgan fingerprint density at radius 2 is 2.15 bits per heavy atom. The summed E-state index contributed by atoms with van der Waals surface area (Å²) in [5.41, 5.74) is 2.73. The SMILES string of the molecule is COc1ccc2nc(CCN(C)Cc3nnc(-c4cccnc4)o3)[nH]c2c1. The molecule has 0 saturated heterocycles. The van der Waals surface area contributed by atoms with Crippen LogP contribution in [0, 0.1) is 0 Å². The molecule has 0 atom stereocenters. The van der Waals surface area contributed by atoms with Gasteiger partial charge in [0.2, 0.25) is 11.8 Å². The van der Waals surface area contributed by atoms with Crippen LogP contribution in [0.15, 0.2) is 47.1 Å². The Bertz CT molecular complexity index is 1030. The minimum Gasteiger partial charge on any atom is -0.497 e. The van der Waals surface area contributed by atoms with Gasteiger partial charge in [0.1, 0.15) is 11.6 Å². The molecule has 138 valence electrons. The van der Waals surface area contributed by atoms with Crippen molar-refractivity contribution in [2.45, 2.75) is 13.0 Å². The molecule has 27 heavy (non-hydrogen) atoms. The Morgan fingerprint density at radius 1 is 1.22 bits per heavy atom. The molecule has 0 spiro atoms. The third-order valence-corrected chi connectivity index (χ3v) is 4.25. The van der Waals surface area contributed by atoms with Crippen molar-refractivity contribution in [3.8, 4) is 17.2 Å². The van der Waals surface area contributed by atoms with Crippen LogP contribution < -0.4 is 4.74 Å².